The maximum absolute atomic E-state index is 12.2. The fourth-order valence-corrected chi connectivity index (χ4v) is 3.25. The number of thiophene rings is 1. The Kier molecular flexibility index (Phi) is 2.31. The van der Waals surface area contributed by atoms with Gasteiger partial charge < -0.3 is 10.1 Å². The lowest BCUT2D eigenvalue weighted by Gasteiger charge is -1.97. The van der Waals surface area contributed by atoms with E-state index in [9.17, 15) is 9.90 Å². The summed E-state index contributed by atoms with van der Waals surface area (Å²) in [4.78, 5) is 19.2. The average molecular weight is 282 g/mol. The molecule has 0 atom stereocenters. The number of rotatable bonds is 2. The average Bonchev–Trinajstić information content (AvgIpc) is 3.17. The van der Waals surface area contributed by atoms with Crippen LogP contribution in [0.5, 0.6) is 5.88 Å². The van der Waals surface area contributed by atoms with Gasteiger partial charge in [0.05, 0.1) is 22.5 Å². The zero-order chi connectivity index (χ0) is 13.7. The molecule has 4 nitrogen and oxygen atoms in total. The van der Waals surface area contributed by atoms with Gasteiger partial charge in [-0.3, -0.25) is 4.79 Å². The first kappa shape index (κ1) is 11.4. The molecular weight excluding hydrogens is 272 g/mol. The first-order valence-electron chi connectivity index (χ1n) is 6.23. The molecule has 98 valence electrons. The van der Waals surface area contributed by atoms with Crippen LogP contribution in [0.2, 0.25) is 0 Å². The standard InChI is InChI=1S/C15H10N2O2S/c18-14-10-11(13(17-14)9-5-6-20-7-9)15(19)16-12(10)8-3-1-2-4-8/h1,3-7,16,19H,2H2. The fourth-order valence-electron chi connectivity index (χ4n) is 2.61. The molecule has 2 N–H and O–H groups in total. The van der Waals surface area contributed by atoms with E-state index in [0.29, 0.717) is 22.5 Å². The summed E-state index contributed by atoms with van der Waals surface area (Å²) < 4.78 is 0. The van der Waals surface area contributed by atoms with Crippen LogP contribution in [-0.2, 0) is 0 Å². The van der Waals surface area contributed by atoms with Crippen molar-refractivity contribution in [2.75, 3.05) is 0 Å². The van der Waals surface area contributed by atoms with E-state index in [-0.39, 0.29) is 11.8 Å². The minimum atomic E-state index is -0.297. The first-order valence-corrected chi connectivity index (χ1v) is 7.18. The lowest BCUT2D eigenvalue weighted by molar-refractivity contribution is 0.101. The van der Waals surface area contributed by atoms with E-state index < -0.39 is 0 Å². The number of nitrogens with zero attached hydrogens (tertiary/aromatic N) is 1. The van der Waals surface area contributed by atoms with E-state index in [0.717, 1.165) is 17.6 Å². The third-order valence-corrected chi connectivity index (χ3v) is 4.18. The molecule has 3 heterocycles. The summed E-state index contributed by atoms with van der Waals surface area (Å²) in [6.45, 7) is 0. The number of amides is 1. The van der Waals surface area contributed by atoms with Gasteiger partial charge in [-0.25, -0.2) is 4.99 Å². The van der Waals surface area contributed by atoms with E-state index in [1.165, 1.54) is 11.3 Å². The Morgan fingerprint density at radius 3 is 2.95 bits per heavy atom. The number of carbonyl (C=O) groups is 1. The Morgan fingerprint density at radius 2 is 2.25 bits per heavy atom. The van der Waals surface area contributed by atoms with Crippen molar-refractivity contribution in [1.82, 2.24) is 4.98 Å². The second-order valence-corrected chi connectivity index (χ2v) is 5.45. The molecule has 0 unspecified atom stereocenters. The number of allylic oxidation sites excluding steroid dienone is 4. The Morgan fingerprint density at radius 1 is 1.35 bits per heavy atom. The maximum Gasteiger partial charge on any atom is 0.280 e. The number of aromatic nitrogens is 1. The second-order valence-electron chi connectivity index (χ2n) is 4.67. The summed E-state index contributed by atoms with van der Waals surface area (Å²) in [5.74, 6) is -0.291. The van der Waals surface area contributed by atoms with Crippen LogP contribution in [0.25, 0.3) is 5.57 Å². The summed E-state index contributed by atoms with van der Waals surface area (Å²) in [5, 5.41) is 14.0. The highest BCUT2D eigenvalue weighted by molar-refractivity contribution is 7.08. The molecule has 1 aliphatic heterocycles. The van der Waals surface area contributed by atoms with Gasteiger partial charge in [-0.15, -0.1) is 0 Å². The fraction of sp³-hybridized carbons (Fsp3) is 0.0667. The van der Waals surface area contributed by atoms with Crippen LogP contribution in [0.15, 0.2) is 40.0 Å². The summed E-state index contributed by atoms with van der Waals surface area (Å²) in [5.41, 5.74) is 3.99. The Balaban J connectivity index is 1.93. The number of aromatic hydroxyl groups is 1. The van der Waals surface area contributed by atoms with Gasteiger partial charge in [0, 0.05) is 10.9 Å². The number of hydrogen-bond donors (Lipinski definition) is 2. The van der Waals surface area contributed by atoms with Crippen LogP contribution in [0.4, 0.5) is 0 Å². The zero-order valence-corrected chi connectivity index (χ0v) is 11.2. The highest BCUT2D eigenvalue weighted by Crippen LogP contribution is 2.37. The molecule has 0 aromatic carbocycles. The van der Waals surface area contributed by atoms with Gasteiger partial charge in [0.1, 0.15) is 0 Å². The quantitative estimate of drug-likeness (QED) is 0.888. The Hall–Kier alpha value is -2.40. The molecule has 4 rings (SSSR count). The minimum absolute atomic E-state index is 0.00648. The van der Waals surface area contributed by atoms with Gasteiger partial charge in [-0.1, -0.05) is 18.2 Å². The second kappa shape index (κ2) is 4.05. The van der Waals surface area contributed by atoms with E-state index in [2.05, 4.69) is 9.98 Å². The molecule has 0 spiro atoms. The number of fused-ring (bicyclic) bond motifs is 1. The third-order valence-electron chi connectivity index (χ3n) is 3.50. The van der Waals surface area contributed by atoms with Crippen LogP contribution < -0.4 is 0 Å². The largest absolute Gasteiger partial charge is 0.494 e. The molecule has 1 aliphatic carbocycles. The van der Waals surface area contributed by atoms with Crippen LogP contribution in [0.3, 0.4) is 0 Å². The summed E-state index contributed by atoms with van der Waals surface area (Å²) in [6.07, 6.45) is 6.82. The molecule has 2 aromatic rings. The normalized spacial score (nSPS) is 16.5. The summed E-state index contributed by atoms with van der Waals surface area (Å²) in [6, 6.07) is 1.90. The molecule has 20 heavy (non-hydrogen) atoms. The van der Waals surface area contributed by atoms with Crippen molar-refractivity contribution in [3.05, 3.63) is 57.4 Å². The van der Waals surface area contributed by atoms with Gasteiger partial charge in [0.25, 0.3) is 5.91 Å². The summed E-state index contributed by atoms with van der Waals surface area (Å²) >= 11 is 1.53. The van der Waals surface area contributed by atoms with Crippen molar-refractivity contribution in [2.24, 2.45) is 4.99 Å². The third kappa shape index (κ3) is 1.47. The van der Waals surface area contributed by atoms with Crippen LogP contribution in [0, 0.1) is 0 Å². The molecule has 0 fully saturated rings. The molecule has 0 saturated carbocycles. The SMILES string of the molecule is O=C1N=C(c2ccsc2)c2c(O)[nH]c(C3=CCC=C3)c21. The monoisotopic (exact) mass is 282 g/mol. The molecule has 2 aliphatic rings. The predicted octanol–water partition coefficient (Wildman–Crippen LogP) is 3.12. The van der Waals surface area contributed by atoms with Crippen molar-refractivity contribution in [1.29, 1.82) is 0 Å². The maximum atomic E-state index is 12.2. The number of nitrogens with one attached hydrogen (secondary N) is 1. The molecular formula is C15H10N2O2S. The molecule has 0 radical (unpaired) electrons. The lowest BCUT2D eigenvalue weighted by Crippen LogP contribution is -1.97. The smallest absolute Gasteiger partial charge is 0.280 e. The molecule has 2 aromatic heterocycles. The van der Waals surface area contributed by atoms with Crippen LogP contribution >= 0.6 is 11.3 Å². The number of carbonyl (C=O) groups excluding carboxylic acids is 1. The number of hydrogen-bond acceptors (Lipinski definition) is 3. The first-order chi connectivity index (χ1) is 9.75. The van der Waals surface area contributed by atoms with Gasteiger partial charge in [-0.05, 0) is 23.4 Å². The zero-order valence-electron chi connectivity index (χ0n) is 10.4. The Labute approximate surface area is 118 Å². The lowest BCUT2D eigenvalue weighted by atomic mass is 10.0. The molecule has 0 bridgehead atoms. The van der Waals surface area contributed by atoms with Gasteiger partial charge >= 0.3 is 0 Å². The van der Waals surface area contributed by atoms with Crippen molar-refractivity contribution >= 4 is 28.5 Å². The minimum Gasteiger partial charge on any atom is -0.494 e. The van der Waals surface area contributed by atoms with Gasteiger partial charge in [0.15, 0.2) is 5.88 Å². The van der Waals surface area contributed by atoms with Crippen molar-refractivity contribution in [2.45, 2.75) is 6.42 Å². The Bertz CT molecular complexity index is 807. The molecule has 1 amide bonds. The van der Waals surface area contributed by atoms with Gasteiger partial charge in [0.2, 0.25) is 0 Å². The van der Waals surface area contributed by atoms with E-state index in [1.807, 2.05) is 35.1 Å². The van der Waals surface area contributed by atoms with Crippen LogP contribution in [-0.4, -0.2) is 21.7 Å². The number of aliphatic imine (C=N–C) groups is 1. The molecule has 0 saturated heterocycles. The highest BCUT2D eigenvalue weighted by atomic mass is 32.1. The van der Waals surface area contributed by atoms with E-state index in [1.54, 1.807) is 0 Å². The topological polar surface area (TPSA) is 65.4 Å². The highest BCUT2D eigenvalue weighted by Gasteiger charge is 2.33. The van der Waals surface area contributed by atoms with E-state index in [4.69, 9.17) is 0 Å². The number of H-pyrrole nitrogens is 1. The van der Waals surface area contributed by atoms with Crippen molar-refractivity contribution < 1.29 is 9.90 Å². The molecule has 5 heteroatoms. The van der Waals surface area contributed by atoms with Crippen molar-refractivity contribution in [3.8, 4) is 5.88 Å². The van der Waals surface area contributed by atoms with Gasteiger partial charge in [-0.2, -0.15) is 11.3 Å². The number of aromatic amines is 1. The summed E-state index contributed by atoms with van der Waals surface area (Å²) in [7, 11) is 0. The predicted molar refractivity (Wildman–Crippen MR) is 78.5 cm³/mol. The van der Waals surface area contributed by atoms with E-state index >= 15 is 0 Å². The van der Waals surface area contributed by atoms with Crippen molar-refractivity contribution in [3.63, 3.8) is 0 Å². The van der Waals surface area contributed by atoms with Crippen LogP contribution in [0.1, 0.15) is 33.6 Å².